The summed E-state index contributed by atoms with van der Waals surface area (Å²) >= 11 is 17.4. The van der Waals surface area contributed by atoms with Crippen LogP contribution in [0.3, 0.4) is 0 Å². The quantitative estimate of drug-likeness (QED) is 0.228. The van der Waals surface area contributed by atoms with Gasteiger partial charge in [-0.1, -0.05) is 39.7 Å². The Balaban J connectivity index is 1.66. The van der Waals surface area contributed by atoms with E-state index in [1.807, 2.05) is 0 Å². The zero-order chi connectivity index (χ0) is 27.6. The molecule has 6 atom stereocenters. The number of rotatable bonds is 5. The minimum absolute atomic E-state index is 0.0866. The van der Waals surface area contributed by atoms with Crippen molar-refractivity contribution in [2.45, 2.75) is 28.5 Å². The Kier molecular flexibility index (Phi) is 6.86. The van der Waals surface area contributed by atoms with Crippen molar-refractivity contribution in [2.24, 2.45) is 17.8 Å². The van der Waals surface area contributed by atoms with E-state index in [4.69, 9.17) is 33.0 Å². The Morgan fingerprint density at radius 1 is 1.11 bits per heavy atom. The minimum atomic E-state index is -1.93. The number of fused-ring (bicyclic) bond motifs is 4. The van der Waals surface area contributed by atoms with Crippen molar-refractivity contribution in [1.82, 2.24) is 9.80 Å². The van der Waals surface area contributed by atoms with Gasteiger partial charge >= 0.3 is 6.09 Å². The van der Waals surface area contributed by atoms with Gasteiger partial charge in [0.05, 0.1) is 31.0 Å². The normalized spacial score (nSPS) is 34.1. The minimum Gasteiger partial charge on any atom is -0.491 e. The third-order valence-electron chi connectivity index (χ3n) is 7.95. The molecule has 202 valence electrons. The third-order valence-corrected chi connectivity index (χ3v) is 9.86. The van der Waals surface area contributed by atoms with Crippen molar-refractivity contribution >= 4 is 68.9 Å². The van der Waals surface area contributed by atoms with Crippen molar-refractivity contribution in [3.8, 4) is 5.75 Å². The fourth-order valence-electron chi connectivity index (χ4n) is 6.32. The molecule has 6 unspecified atom stereocenters. The van der Waals surface area contributed by atoms with E-state index in [9.17, 15) is 24.0 Å². The fourth-order valence-corrected chi connectivity index (χ4v) is 7.74. The van der Waals surface area contributed by atoms with E-state index in [0.717, 1.165) is 12.0 Å². The molecule has 38 heavy (non-hydrogen) atoms. The number of ether oxygens (including phenoxy) is 2. The number of nitrogens with zero attached hydrogens (tertiary/aromatic N) is 2. The molecule has 2 aliphatic carbocycles. The van der Waals surface area contributed by atoms with Crippen LogP contribution in [0.25, 0.3) is 0 Å². The number of aliphatic hydroxyl groups excluding tert-OH is 1. The molecule has 2 heterocycles. The number of hydrogen-bond acceptors (Lipinski definition) is 8. The van der Waals surface area contributed by atoms with Gasteiger partial charge in [-0.2, -0.15) is 4.90 Å². The lowest BCUT2D eigenvalue weighted by Crippen LogP contribution is -2.60. The molecule has 1 N–H and O–H groups in total. The number of benzene rings is 1. The molecule has 1 aromatic rings. The van der Waals surface area contributed by atoms with Crippen molar-refractivity contribution in [3.05, 3.63) is 41.5 Å². The highest BCUT2D eigenvalue weighted by Gasteiger charge is 2.76. The molecule has 0 bridgehead atoms. The lowest BCUT2D eigenvalue weighted by Gasteiger charge is -2.50. The molecule has 1 aromatic carbocycles. The highest BCUT2D eigenvalue weighted by Crippen LogP contribution is 2.65. The maximum Gasteiger partial charge on any atom is 0.423 e. The van der Waals surface area contributed by atoms with E-state index in [1.165, 1.54) is 0 Å². The molecule has 4 aliphatic rings. The highest BCUT2D eigenvalue weighted by atomic mass is 79.9. The Morgan fingerprint density at radius 3 is 2.39 bits per heavy atom. The van der Waals surface area contributed by atoms with Crippen molar-refractivity contribution in [3.63, 3.8) is 0 Å². The first-order valence-corrected chi connectivity index (χ1v) is 13.7. The Labute approximate surface area is 235 Å². The number of imide groups is 4. The number of methoxy groups -OCH3 is 1. The monoisotopic (exact) mass is 628 g/mol. The summed E-state index contributed by atoms with van der Waals surface area (Å²) in [6.07, 6.45) is 0.649. The molecule has 2 saturated heterocycles. The molecule has 13 heteroatoms. The number of carbonyl (C=O) groups excluding carboxylic acids is 5. The summed E-state index contributed by atoms with van der Waals surface area (Å²) in [6.45, 7) is -0.0846. The number of aliphatic hydroxyl groups is 1. The number of halogens is 3. The molecular weight excluding hydrogens is 607 g/mol. The maximum absolute atomic E-state index is 13.7. The molecule has 1 saturated carbocycles. The summed E-state index contributed by atoms with van der Waals surface area (Å²) < 4.78 is 10.1. The van der Waals surface area contributed by atoms with E-state index in [1.54, 1.807) is 30.3 Å². The number of amides is 5. The molecule has 3 fully saturated rings. The lowest BCUT2D eigenvalue weighted by molar-refractivity contribution is -0.140. The predicted molar refractivity (Wildman–Crippen MR) is 137 cm³/mol. The number of likely N-dealkylation sites (tertiary alicyclic amines) is 2. The standard InChI is InChI=1S/C25H23BrCl2N2O8/c1-37-23(36)30-19(32)15-7-6-14-16(17(15)20(30)33)10-24(27)21(34)29(11-26)22(35)25(24,28)18(14)12-2-4-13(5-3-12)38-9-8-31/h2-6,15-18,31H,7-11H2,1H3. The zero-order valence-electron chi connectivity index (χ0n) is 20.1. The zero-order valence-corrected chi connectivity index (χ0v) is 23.2. The van der Waals surface area contributed by atoms with Crippen LogP contribution in [0, 0.1) is 17.8 Å². The predicted octanol–water partition coefficient (Wildman–Crippen LogP) is 2.54. The fraction of sp³-hybridized carbons (Fsp3) is 0.480. The molecule has 10 nitrogen and oxygen atoms in total. The summed E-state index contributed by atoms with van der Waals surface area (Å²) in [5.41, 5.74) is 1.03. The van der Waals surface area contributed by atoms with Gasteiger partial charge in [-0.05, 0) is 36.5 Å². The van der Waals surface area contributed by atoms with E-state index in [2.05, 4.69) is 20.7 Å². The molecule has 5 rings (SSSR count). The average Bonchev–Trinajstić information content (AvgIpc) is 3.25. The van der Waals surface area contributed by atoms with Crippen LogP contribution < -0.4 is 4.74 Å². The van der Waals surface area contributed by atoms with Crippen LogP contribution in [-0.4, -0.2) is 80.2 Å². The van der Waals surface area contributed by atoms with Gasteiger partial charge in [0.2, 0.25) is 11.8 Å². The Morgan fingerprint density at radius 2 is 1.79 bits per heavy atom. The van der Waals surface area contributed by atoms with Crippen LogP contribution in [-0.2, 0) is 23.9 Å². The van der Waals surface area contributed by atoms with Gasteiger partial charge in [-0.3, -0.25) is 24.1 Å². The maximum atomic E-state index is 13.7. The van der Waals surface area contributed by atoms with E-state index in [0.29, 0.717) is 21.8 Å². The summed E-state index contributed by atoms with van der Waals surface area (Å²) in [7, 11) is 1.08. The first kappa shape index (κ1) is 27.1. The van der Waals surface area contributed by atoms with Crippen LogP contribution in [0.4, 0.5) is 4.79 Å². The number of alkyl halides is 3. The second kappa shape index (κ2) is 9.62. The summed E-state index contributed by atoms with van der Waals surface area (Å²) in [4.78, 5) is 63.6. The van der Waals surface area contributed by atoms with Gasteiger partial charge in [0.25, 0.3) is 11.8 Å². The first-order valence-electron chi connectivity index (χ1n) is 11.9. The molecular formula is C25H23BrCl2N2O8. The second-order valence-corrected chi connectivity index (χ2v) is 11.4. The smallest absolute Gasteiger partial charge is 0.423 e. The van der Waals surface area contributed by atoms with E-state index in [-0.39, 0.29) is 31.5 Å². The van der Waals surface area contributed by atoms with Gasteiger partial charge in [-0.15, -0.1) is 23.2 Å². The van der Waals surface area contributed by atoms with E-state index < -0.39 is 63.1 Å². The molecule has 2 aliphatic heterocycles. The van der Waals surface area contributed by atoms with Gasteiger partial charge in [0, 0.05) is 5.92 Å². The Hall–Kier alpha value is -2.47. The number of carbonyl (C=O) groups is 5. The van der Waals surface area contributed by atoms with Crippen LogP contribution in [0.5, 0.6) is 5.75 Å². The first-order chi connectivity index (χ1) is 18.1. The van der Waals surface area contributed by atoms with Gasteiger partial charge in [0.1, 0.15) is 12.4 Å². The summed E-state index contributed by atoms with van der Waals surface area (Å²) in [5.74, 6) is -5.80. The van der Waals surface area contributed by atoms with Crippen molar-refractivity contribution < 1.29 is 38.6 Å². The van der Waals surface area contributed by atoms with Crippen LogP contribution in [0.2, 0.25) is 0 Å². The lowest BCUT2D eigenvalue weighted by atomic mass is 9.56. The van der Waals surface area contributed by atoms with E-state index >= 15 is 0 Å². The molecule has 0 spiro atoms. The van der Waals surface area contributed by atoms with Crippen LogP contribution in [0.1, 0.15) is 24.3 Å². The highest BCUT2D eigenvalue weighted by molar-refractivity contribution is 9.09. The van der Waals surface area contributed by atoms with Gasteiger partial charge in [-0.25, -0.2) is 4.79 Å². The van der Waals surface area contributed by atoms with Crippen molar-refractivity contribution in [1.29, 1.82) is 0 Å². The molecule has 0 aromatic heterocycles. The molecule has 0 radical (unpaired) electrons. The number of allylic oxidation sites excluding steroid dienone is 2. The van der Waals surface area contributed by atoms with Crippen LogP contribution >= 0.6 is 39.1 Å². The van der Waals surface area contributed by atoms with Crippen LogP contribution in [0.15, 0.2) is 35.9 Å². The summed E-state index contributed by atoms with van der Waals surface area (Å²) in [5, 5.41) is 9.04. The van der Waals surface area contributed by atoms with Gasteiger partial charge in [0.15, 0.2) is 9.75 Å². The topological polar surface area (TPSA) is 131 Å². The second-order valence-electron chi connectivity index (χ2n) is 9.61. The summed E-state index contributed by atoms with van der Waals surface area (Å²) in [6, 6.07) is 6.66. The average molecular weight is 630 g/mol. The van der Waals surface area contributed by atoms with Gasteiger partial charge < -0.3 is 14.6 Å². The largest absolute Gasteiger partial charge is 0.491 e. The van der Waals surface area contributed by atoms with Crippen molar-refractivity contribution in [2.75, 3.05) is 25.8 Å². The Bertz CT molecular complexity index is 1270. The molecule has 5 amide bonds. The number of hydrogen-bond donors (Lipinski definition) is 1. The SMILES string of the molecule is COC(=O)N1C(=O)C2CC=C3C(CC4(Cl)C(=O)N(CBr)C(=O)C4(Cl)C3c3ccc(OCCO)cc3)C2C1=O. The third kappa shape index (κ3) is 3.51.